The van der Waals surface area contributed by atoms with Crippen LogP contribution in [0.2, 0.25) is 0 Å². The van der Waals surface area contributed by atoms with Crippen LogP contribution in [0.15, 0.2) is 42.6 Å². The fraction of sp³-hybridized carbons (Fsp3) is 0.389. The quantitative estimate of drug-likeness (QED) is 0.933. The van der Waals surface area contributed by atoms with Crippen LogP contribution < -0.4 is 10.2 Å². The van der Waals surface area contributed by atoms with Gasteiger partial charge in [0.25, 0.3) is 0 Å². The molecular weight excluding hydrogens is 258 g/mol. The number of anilines is 1. The van der Waals surface area contributed by atoms with Crippen LogP contribution in [0.5, 0.6) is 0 Å². The summed E-state index contributed by atoms with van der Waals surface area (Å²) in [4.78, 5) is 6.99. The Bertz CT molecular complexity index is 595. The second kappa shape index (κ2) is 6.72. The molecule has 0 amide bonds. The molecule has 2 heterocycles. The van der Waals surface area contributed by atoms with Gasteiger partial charge in [0, 0.05) is 25.8 Å². The van der Waals surface area contributed by atoms with Crippen LogP contribution in [0.1, 0.15) is 30.0 Å². The van der Waals surface area contributed by atoms with Crippen molar-refractivity contribution in [1.82, 2.24) is 10.3 Å². The van der Waals surface area contributed by atoms with Crippen molar-refractivity contribution in [2.24, 2.45) is 0 Å². The van der Waals surface area contributed by atoms with Crippen LogP contribution in [0.3, 0.4) is 0 Å². The number of rotatable bonds is 4. The van der Waals surface area contributed by atoms with Crippen molar-refractivity contribution in [2.45, 2.75) is 32.9 Å². The Morgan fingerprint density at radius 2 is 2.05 bits per heavy atom. The second-order valence-corrected chi connectivity index (χ2v) is 5.60. The highest BCUT2D eigenvalue weighted by molar-refractivity contribution is 5.44. The van der Waals surface area contributed by atoms with Crippen molar-refractivity contribution in [3.63, 3.8) is 0 Å². The van der Waals surface area contributed by atoms with Gasteiger partial charge in [-0.25, -0.2) is 4.98 Å². The van der Waals surface area contributed by atoms with Gasteiger partial charge in [0.2, 0.25) is 0 Å². The van der Waals surface area contributed by atoms with Crippen LogP contribution in [-0.4, -0.2) is 18.1 Å². The molecule has 1 aliphatic heterocycles. The molecule has 0 fully saturated rings. The van der Waals surface area contributed by atoms with Crippen molar-refractivity contribution < 1.29 is 0 Å². The molecule has 3 rings (SSSR count). The summed E-state index contributed by atoms with van der Waals surface area (Å²) in [6, 6.07) is 13.1. The van der Waals surface area contributed by atoms with Crippen LogP contribution in [0.25, 0.3) is 0 Å². The van der Waals surface area contributed by atoms with E-state index >= 15 is 0 Å². The summed E-state index contributed by atoms with van der Waals surface area (Å²) in [5.74, 6) is 1.10. The number of fused-ring (bicyclic) bond motifs is 1. The first-order valence-electron chi connectivity index (χ1n) is 7.84. The minimum absolute atomic E-state index is 0.913. The fourth-order valence-corrected chi connectivity index (χ4v) is 2.91. The average molecular weight is 281 g/mol. The zero-order valence-electron chi connectivity index (χ0n) is 12.7. The van der Waals surface area contributed by atoms with E-state index in [9.17, 15) is 0 Å². The summed E-state index contributed by atoms with van der Waals surface area (Å²) in [6.07, 6.45) is 4.29. The van der Waals surface area contributed by atoms with E-state index in [1.807, 2.05) is 6.20 Å². The molecule has 0 saturated heterocycles. The lowest BCUT2D eigenvalue weighted by Crippen LogP contribution is -2.24. The standard InChI is InChI=1S/C18H23N3/c1-2-19-13-15-9-10-20-18(12-15)21-11-5-8-16-6-3-4-7-17(16)14-21/h3-4,6-7,9-10,12,19H,2,5,8,11,13-14H2,1H3. The van der Waals surface area contributed by atoms with Gasteiger partial charge in [-0.2, -0.15) is 0 Å². The highest BCUT2D eigenvalue weighted by atomic mass is 15.2. The summed E-state index contributed by atoms with van der Waals surface area (Å²) in [5.41, 5.74) is 4.23. The van der Waals surface area contributed by atoms with Crippen LogP contribution in [-0.2, 0) is 19.5 Å². The van der Waals surface area contributed by atoms with Gasteiger partial charge in [0.05, 0.1) is 0 Å². The molecule has 1 aliphatic rings. The average Bonchev–Trinajstić information content (AvgIpc) is 2.75. The van der Waals surface area contributed by atoms with E-state index in [-0.39, 0.29) is 0 Å². The summed E-state index contributed by atoms with van der Waals surface area (Å²) >= 11 is 0. The Balaban J connectivity index is 1.80. The minimum Gasteiger partial charge on any atom is -0.352 e. The molecule has 2 aromatic rings. The number of hydrogen-bond donors (Lipinski definition) is 1. The summed E-state index contributed by atoms with van der Waals surface area (Å²) in [7, 11) is 0. The summed E-state index contributed by atoms with van der Waals surface area (Å²) < 4.78 is 0. The van der Waals surface area contributed by atoms with Crippen molar-refractivity contribution in [2.75, 3.05) is 18.0 Å². The van der Waals surface area contributed by atoms with Gasteiger partial charge in [0.15, 0.2) is 0 Å². The molecular formula is C18H23N3. The molecule has 0 radical (unpaired) electrons. The highest BCUT2D eigenvalue weighted by Crippen LogP contribution is 2.23. The maximum Gasteiger partial charge on any atom is 0.129 e. The largest absolute Gasteiger partial charge is 0.352 e. The van der Waals surface area contributed by atoms with Gasteiger partial charge in [0.1, 0.15) is 5.82 Å². The number of nitrogens with zero attached hydrogens (tertiary/aromatic N) is 2. The zero-order valence-corrected chi connectivity index (χ0v) is 12.7. The van der Waals surface area contributed by atoms with Crippen molar-refractivity contribution >= 4 is 5.82 Å². The molecule has 3 nitrogen and oxygen atoms in total. The third kappa shape index (κ3) is 3.42. The molecule has 0 unspecified atom stereocenters. The number of pyridine rings is 1. The maximum atomic E-state index is 4.58. The SMILES string of the molecule is CCNCc1ccnc(N2CCCc3ccccc3C2)c1. The van der Waals surface area contributed by atoms with Crippen molar-refractivity contribution in [3.8, 4) is 0 Å². The third-order valence-corrected chi connectivity index (χ3v) is 4.07. The molecule has 110 valence electrons. The Hall–Kier alpha value is -1.87. The molecule has 21 heavy (non-hydrogen) atoms. The van der Waals surface area contributed by atoms with E-state index in [1.54, 1.807) is 0 Å². The topological polar surface area (TPSA) is 28.2 Å². The summed E-state index contributed by atoms with van der Waals surface area (Å²) in [6.45, 7) is 6.08. The lowest BCUT2D eigenvalue weighted by molar-refractivity contribution is 0.720. The smallest absolute Gasteiger partial charge is 0.129 e. The molecule has 0 bridgehead atoms. The molecule has 1 aromatic heterocycles. The Morgan fingerprint density at radius 1 is 1.19 bits per heavy atom. The second-order valence-electron chi connectivity index (χ2n) is 5.60. The van der Waals surface area contributed by atoms with E-state index in [2.05, 4.69) is 58.5 Å². The first-order valence-corrected chi connectivity index (χ1v) is 7.84. The van der Waals surface area contributed by atoms with Crippen LogP contribution >= 0.6 is 0 Å². The lowest BCUT2D eigenvalue weighted by Gasteiger charge is -2.22. The van der Waals surface area contributed by atoms with E-state index in [0.717, 1.165) is 32.0 Å². The van der Waals surface area contributed by atoms with Gasteiger partial charge in [-0.15, -0.1) is 0 Å². The first kappa shape index (κ1) is 14.1. The number of benzene rings is 1. The lowest BCUT2D eigenvalue weighted by atomic mass is 10.0. The van der Waals surface area contributed by atoms with Crippen LogP contribution in [0, 0.1) is 0 Å². The number of hydrogen-bond acceptors (Lipinski definition) is 3. The molecule has 3 heteroatoms. The number of aromatic nitrogens is 1. The summed E-state index contributed by atoms with van der Waals surface area (Å²) in [5, 5.41) is 3.38. The van der Waals surface area contributed by atoms with Gasteiger partial charge in [-0.3, -0.25) is 0 Å². The van der Waals surface area contributed by atoms with E-state index < -0.39 is 0 Å². The third-order valence-electron chi connectivity index (χ3n) is 4.07. The predicted octanol–water partition coefficient (Wildman–Crippen LogP) is 3.14. The first-order chi connectivity index (χ1) is 10.4. The number of nitrogens with one attached hydrogen (secondary N) is 1. The normalized spacial score (nSPS) is 14.6. The van der Waals surface area contributed by atoms with Gasteiger partial charge >= 0.3 is 0 Å². The van der Waals surface area contributed by atoms with E-state index in [1.165, 1.54) is 29.5 Å². The van der Waals surface area contributed by atoms with Crippen molar-refractivity contribution in [1.29, 1.82) is 0 Å². The molecule has 1 aromatic carbocycles. The van der Waals surface area contributed by atoms with Crippen LogP contribution in [0.4, 0.5) is 5.82 Å². The molecule has 0 aliphatic carbocycles. The highest BCUT2D eigenvalue weighted by Gasteiger charge is 2.15. The Labute approximate surface area is 127 Å². The van der Waals surface area contributed by atoms with Gasteiger partial charge in [-0.05, 0) is 48.2 Å². The Morgan fingerprint density at radius 3 is 2.90 bits per heavy atom. The minimum atomic E-state index is 0.913. The predicted molar refractivity (Wildman–Crippen MR) is 87.4 cm³/mol. The Kier molecular flexibility index (Phi) is 4.51. The molecule has 0 spiro atoms. The maximum absolute atomic E-state index is 4.58. The van der Waals surface area contributed by atoms with Gasteiger partial charge in [-0.1, -0.05) is 31.2 Å². The monoisotopic (exact) mass is 281 g/mol. The molecule has 1 N–H and O–H groups in total. The molecule has 0 saturated carbocycles. The van der Waals surface area contributed by atoms with E-state index in [4.69, 9.17) is 0 Å². The van der Waals surface area contributed by atoms with E-state index in [0.29, 0.717) is 0 Å². The fourth-order valence-electron chi connectivity index (χ4n) is 2.91. The zero-order chi connectivity index (χ0) is 14.5. The van der Waals surface area contributed by atoms with Gasteiger partial charge < -0.3 is 10.2 Å². The molecule has 0 atom stereocenters. The number of aryl methyl sites for hydroxylation is 1. The van der Waals surface area contributed by atoms with Crippen molar-refractivity contribution in [3.05, 3.63) is 59.3 Å².